The van der Waals surface area contributed by atoms with E-state index in [1.807, 2.05) is 0 Å². The van der Waals surface area contributed by atoms with E-state index in [4.69, 9.17) is 9.84 Å². The summed E-state index contributed by atoms with van der Waals surface area (Å²) >= 11 is 0. The van der Waals surface area contributed by atoms with E-state index in [1.165, 1.54) is 0 Å². The molecule has 86 valence electrons. The first-order valence-electron chi connectivity index (χ1n) is 5.02. The van der Waals surface area contributed by atoms with E-state index >= 15 is 0 Å². The normalized spacial score (nSPS) is 25.3. The lowest BCUT2D eigenvalue weighted by Gasteiger charge is -2.34. The first-order valence-corrected chi connectivity index (χ1v) is 5.02. The molecule has 2 N–H and O–H groups in total. The number of nitrogens with one attached hydrogen (secondary N) is 1. The Kier molecular flexibility index (Phi) is 3.21. The van der Waals surface area contributed by atoms with E-state index in [0.29, 0.717) is 12.8 Å². The second-order valence-electron chi connectivity index (χ2n) is 4.77. The molecule has 0 spiro atoms. The molecule has 0 saturated heterocycles. The number of amides is 1. The molecular weight excluding hydrogens is 198 g/mol. The van der Waals surface area contributed by atoms with Crippen LogP contribution in [0.3, 0.4) is 0 Å². The van der Waals surface area contributed by atoms with Gasteiger partial charge in [-0.3, -0.25) is 4.79 Å². The lowest BCUT2D eigenvalue weighted by atomic mass is 9.80. The first kappa shape index (κ1) is 11.8. The van der Waals surface area contributed by atoms with Gasteiger partial charge >= 0.3 is 12.1 Å². The van der Waals surface area contributed by atoms with Crippen LogP contribution in [-0.2, 0) is 9.53 Å². The minimum atomic E-state index is -0.859. The van der Waals surface area contributed by atoms with Crippen molar-refractivity contribution in [2.45, 2.75) is 45.3 Å². The molecule has 1 rings (SSSR count). The van der Waals surface area contributed by atoms with Crippen molar-refractivity contribution in [1.29, 1.82) is 0 Å². The van der Waals surface area contributed by atoms with Crippen LogP contribution in [0, 0.1) is 5.92 Å². The summed E-state index contributed by atoms with van der Waals surface area (Å²) in [6.45, 7) is 5.30. The van der Waals surface area contributed by atoms with Gasteiger partial charge in [0.05, 0.1) is 5.92 Å². The van der Waals surface area contributed by atoms with Gasteiger partial charge in [0.15, 0.2) is 0 Å². The number of aliphatic carboxylic acids is 1. The molecule has 5 nitrogen and oxygen atoms in total. The summed E-state index contributed by atoms with van der Waals surface area (Å²) < 4.78 is 5.03. The molecule has 1 saturated carbocycles. The molecule has 15 heavy (non-hydrogen) atoms. The summed E-state index contributed by atoms with van der Waals surface area (Å²) in [5.41, 5.74) is -0.549. The lowest BCUT2D eigenvalue weighted by molar-refractivity contribution is -0.145. The van der Waals surface area contributed by atoms with Crippen molar-refractivity contribution in [2.24, 2.45) is 5.92 Å². The van der Waals surface area contributed by atoms with Crippen LogP contribution in [0.4, 0.5) is 4.79 Å². The minimum Gasteiger partial charge on any atom is -0.481 e. The van der Waals surface area contributed by atoms with Gasteiger partial charge in [-0.1, -0.05) is 0 Å². The predicted molar refractivity (Wildman–Crippen MR) is 53.5 cm³/mol. The van der Waals surface area contributed by atoms with Crippen LogP contribution in [0.15, 0.2) is 0 Å². The smallest absolute Gasteiger partial charge is 0.407 e. The van der Waals surface area contributed by atoms with Gasteiger partial charge in [0.2, 0.25) is 0 Å². The number of hydrogen-bond donors (Lipinski definition) is 2. The van der Waals surface area contributed by atoms with Gasteiger partial charge in [-0.15, -0.1) is 0 Å². The van der Waals surface area contributed by atoms with Crippen LogP contribution in [0.25, 0.3) is 0 Å². The summed E-state index contributed by atoms with van der Waals surface area (Å²) in [5, 5.41) is 11.3. The number of hydrogen-bond acceptors (Lipinski definition) is 3. The van der Waals surface area contributed by atoms with E-state index in [0.717, 1.165) is 0 Å². The highest BCUT2D eigenvalue weighted by molar-refractivity contribution is 5.74. The molecule has 0 aromatic rings. The number of ether oxygens (including phenoxy) is 1. The highest BCUT2D eigenvalue weighted by Crippen LogP contribution is 2.27. The fraction of sp³-hybridized carbons (Fsp3) is 0.800. The van der Waals surface area contributed by atoms with Crippen molar-refractivity contribution in [3.63, 3.8) is 0 Å². The Morgan fingerprint density at radius 1 is 1.33 bits per heavy atom. The van der Waals surface area contributed by atoms with Gasteiger partial charge in [0, 0.05) is 6.04 Å². The number of alkyl carbamates (subject to hydrolysis) is 1. The zero-order valence-corrected chi connectivity index (χ0v) is 9.24. The number of rotatable bonds is 2. The maximum Gasteiger partial charge on any atom is 0.407 e. The molecular formula is C10H17NO4. The summed E-state index contributed by atoms with van der Waals surface area (Å²) in [4.78, 5) is 22.0. The lowest BCUT2D eigenvalue weighted by Crippen LogP contribution is -2.51. The van der Waals surface area contributed by atoms with Crippen LogP contribution in [-0.4, -0.2) is 28.8 Å². The highest BCUT2D eigenvalue weighted by Gasteiger charge is 2.38. The van der Waals surface area contributed by atoms with Crippen molar-refractivity contribution in [2.75, 3.05) is 0 Å². The Labute approximate surface area is 88.8 Å². The van der Waals surface area contributed by atoms with Gasteiger partial charge in [0.1, 0.15) is 5.60 Å². The number of carboxylic acids is 1. The van der Waals surface area contributed by atoms with Gasteiger partial charge in [-0.25, -0.2) is 4.79 Å². The largest absolute Gasteiger partial charge is 0.481 e. The number of carboxylic acid groups (broad SMARTS) is 1. The molecule has 5 heteroatoms. The van der Waals surface area contributed by atoms with E-state index in [1.54, 1.807) is 20.8 Å². The standard InChI is InChI=1S/C10H17NO4/c1-10(2,3)15-9(14)11-7-5-4-6(7)8(12)13/h6-7H,4-5H2,1-3H3,(H,11,14)(H,12,13)/t6-,7-/m0/s1. The highest BCUT2D eigenvalue weighted by atomic mass is 16.6. The van der Waals surface area contributed by atoms with Gasteiger partial charge < -0.3 is 15.2 Å². The van der Waals surface area contributed by atoms with Crippen molar-refractivity contribution in [1.82, 2.24) is 5.32 Å². The maximum atomic E-state index is 11.3. The van der Waals surface area contributed by atoms with E-state index in [-0.39, 0.29) is 6.04 Å². The summed E-state index contributed by atoms with van der Waals surface area (Å²) in [6.07, 6.45) is 0.782. The fourth-order valence-electron chi connectivity index (χ4n) is 1.43. The van der Waals surface area contributed by atoms with E-state index < -0.39 is 23.6 Å². The van der Waals surface area contributed by atoms with Gasteiger partial charge in [-0.2, -0.15) is 0 Å². The van der Waals surface area contributed by atoms with E-state index in [2.05, 4.69) is 5.32 Å². The first-order chi connectivity index (χ1) is 6.79. The number of carbonyl (C=O) groups is 2. The Morgan fingerprint density at radius 3 is 2.27 bits per heavy atom. The van der Waals surface area contributed by atoms with Crippen molar-refractivity contribution in [3.05, 3.63) is 0 Å². The molecule has 0 unspecified atom stereocenters. The maximum absolute atomic E-state index is 11.3. The fourth-order valence-corrected chi connectivity index (χ4v) is 1.43. The summed E-state index contributed by atoms with van der Waals surface area (Å²) in [5.74, 6) is -1.32. The third-order valence-corrected chi connectivity index (χ3v) is 2.29. The summed E-state index contributed by atoms with van der Waals surface area (Å²) in [6, 6.07) is -0.280. The molecule has 0 bridgehead atoms. The van der Waals surface area contributed by atoms with Crippen LogP contribution in [0.2, 0.25) is 0 Å². The average molecular weight is 215 g/mol. The molecule has 1 fully saturated rings. The van der Waals surface area contributed by atoms with Crippen LogP contribution < -0.4 is 5.32 Å². The van der Waals surface area contributed by atoms with Crippen LogP contribution in [0.1, 0.15) is 33.6 Å². The van der Waals surface area contributed by atoms with Crippen LogP contribution in [0.5, 0.6) is 0 Å². The van der Waals surface area contributed by atoms with Crippen molar-refractivity contribution < 1.29 is 19.4 Å². The van der Waals surface area contributed by atoms with Crippen LogP contribution >= 0.6 is 0 Å². The molecule has 0 aromatic carbocycles. The molecule has 0 aromatic heterocycles. The molecule has 1 aliphatic carbocycles. The Morgan fingerprint density at radius 2 is 1.93 bits per heavy atom. The zero-order chi connectivity index (χ0) is 11.6. The average Bonchev–Trinajstić information content (AvgIpc) is 1.93. The summed E-state index contributed by atoms with van der Waals surface area (Å²) in [7, 11) is 0. The molecule has 0 heterocycles. The topological polar surface area (TPSA) is 75.6 Å². The number of carbonyl (C=O) groups excluding carboxylic acids is 1. The monoisotopic (exact) mass is 215 g/mol. The second-order valence-corrected chi connectivity index (χ2v) is 4.77. The second kappa shape index (κ2) is 4.08. The molecule has 1 amide bonds. The van der Waals surface area contributed by atoms with Gasteiger partial charge in [0.25, 0.3) is 0 Å². The zero-order valence-electron chi connectivity index (χ0n) is 9.24. The van der Waals surface area contributed by atoms with Crippen molar-refractivity contribution in [3.8, 4) is 0 Å². The predicted octanol–water partition coefficient (Wildman–Crippen LogP) is 1.37. The quantitative estimate of drug-likeness (QED) is 0.729. The van der Waals surface area contributed by atoms with Crippen molar-refractivity contribution >= 4 is 12.1 Å². The Balaban J connectivity index is 2.36. The molecule has 2 atom stereocenters. The Hall–Kier alpha value is -1.26. The third kappa shape index (κ3) is 3.42. The molecule has 0 radical (unpaired) electrons. The molecule has 0 aliphatic heterocycles. The molecule has 1 aliphatic rings. The van der Waals surface area contributed by atoms with E-state index in [9.17, 15) is 9.59 Å². The van der Waals surface area contributed by atoms with Gasteiger partial charge in [-0.05, 0) is 33.6 Å². The SMILES string of the molecule is CC(C)(C)OC(=O)N[C@H]1CC[C@@H]1C(=O)O. The third-order valence-electron chi connectivity index (χ3n) is 2.29. The Bertz CT molecular complexity index is 269. The minimum absolute atomic E-state index is 0.280.